The first-order chi connectivity index (χ1) is 15.9. The van der Waals surface area contributed by atoms with E-state index in [9.17, 15) is 5.11 Å². The highest BCUT2D eigenvalue weighted by Crippen LogP contribution is 2.74. The van der Waals surface area contributed by atoms with E-state index in [1.54, 1.807) is 0 Å². The van der Waals surface area contributed by atoms with Crippen LogP contribution in [-0.2, 0) is 9.16 Å². The summed E-state index contributed by atoms with van der Waals surface area (Å²) in [4.78, 5) is 3.02. The standard InChI is InChI=1S/C27H47N3O3Si/c1-17(13-19(16-29-30-28)33-34(4,5)6)21-7-8-22-20-14-24-27(32-24)15-18(31)9-12-26(27,3)23(20)10-11-25(21,22)2/h17-24,31H,7-16H2,1-6H3/t17-,18?,19-,20?,21?,22?,23?,24?,25+,26+,27?/m1/s1. The van der Waals surface area contributed by atoms with Crippen LogP contribution in [0.25, 0.3) is 10.4 Å². The van der Waals surface area contributed by atoms with Crippen LogP contribution >= 0.6 is 0 Å². The quantitative estimate of drug-likeness (QED) is 0.142. The second kappa shape index (κ2) is 8.48. The van der Waals surface area contributed by atoms with Crippen LogP contribution in [0, 0.1) is 40.4 Å². The lowest BCUT2D eigenvalue weighted by Crippen LogP contribution is -2.58. The van der Waals surface area contributed by atoms with Gasteiger partial charge in [-0.05, 0) is 112 Å². The molecule has 7 unspecified atom stereocenters. The Hall–Kier alpha value is -0.593. The molecule has 1 aliphatic heterocycles. The van der Waals surface area contributed by atoms with Crippen LogP contribution < -0.4 is 0 Å². The summed E-state index contributed by atoms with van der Waals surface area (Å²) >= 11 is 0. The topological polar surface area (TPSA) is 90.8 Å². The second-order valence-corrected chi connectivity index (χ2v) is 18.6. The number of rotatable bonds is 7. The maximum absolute atomic E-state index is 10.4. The van der Waals surface area contributed by atoms with Crippen molar-refractivity contribution in [3.05, 3.63) is 10.4 Å². The van der Waals surface area contributed by atoms with Crippen molar-refractivity contribution < 1.29 is 14.3 Å². The van der Waals surface area contributed by atoms with Crippen molar-refractivity contribution in [3.8, 4) is 0 Å². The van der Waals surface area contributed by atoms with Gasteiger partial charge in [0.15, 0.2) is 8.32 Å². The first-order valence-corrected chi connectivity index (χ1v) is 17.4. The zero-order valence-corrected chi connectivity index (χ0v) is 23.3. The molecule has 1 spiro atoms. The van der Waals surface area contributed by atoms with Crippen LogP contribution in [0.3, 0.4) is 0 Å². The average Bonchev–Trinajstić information content (AvgIpc) is 3.31. The van der Waals surface area contributed by atoms with Crippen molar-refractivity contribution >= 4 is 8.32 Å². The number of azide groups is 1. The molecule has 7 heteroatoms. The minimum absolute atomic E-state index is 0.0203. The van der Waals surface area contributed by atoms with E-state index in [2.05, 4.69) is 50.4 Å². The molecule has 0 aromatic heterocycles. The Morgan fingerprint density at radius 2 is 1.91 bits per heavy atom. The summed E-state index contributed by atoms with van der Waals surface area (Å²) in [6.07, 6.45) is 10.7. The molecule has 5 fully saturated rings. The summed E-state index contributed by atoms with van der Waals surface area (Å²) in [5.41, 5.74) is 9.51. The van der Waals surface area contributed by atoms with Gasteiger partial charge in [0.25, 0.3) is 0 Å². The lowest BCUT2D eigenvalue weighted by Gasteiger charge is -2.59. The van der Waals surface area contributed by atoms with E-state index in [0.717, 1.165) is 43.4 Å². The van der Waals surface area contributed by atoms with Gasteiger partial charge in [-0.15, -0.1) is 0 Å². The van der Waals surface area contributed by atoms with E-state index in [-0.39, 0.29) is 23.2 Å². The van der Waals surface area contributed by atoms with E-state index in [4.69, 9.17) is 14.7 Å². The number of hydrogen-bond acceptors (Lipinski definition) is 4. The van der Waals surface area contributed by atoms with E-state index in [1.165, 1.54) is 32.1 Å². The van der Waals surface area contributed by atoms with Gasteiger partial charge in [-0.25, -0.2) is 0 Å². The molecule has 1 N–H and O–H groups in total. The van der Waals surface area contributed by atoms with Crippen LogP contribution in [0.4, 0.5) is 0 Å². The van der Waals surface area contributed by atoms with E-state index in [0.29, 0.717) is 29.9 Å². The number of aliphatic hydroxyl groups excluding tert-OH is 1. The molecular weight excluding hydrogens is 442 g/mol. The molecule has 0 aromatic carbocycles. The Labute approximate surface area is 207 Å². The number of aliphatic hydroxyl groups is 1. The summed E-state index contributed by atoms with van der Waals surface area (Å²) in [6.45, 7) is 14.7. The lowest BCUT2D eigenvalue weighted by atomic mass is 9.44. The van der Waals surface area contributed by atoms with Crippen LogP contribution in [0.15, 0.2) is 5.11 Å². The van der Waals surface area contributed by atoms with E-state index < -0.39 is 8.32 Å². The molecule has 4 aliphatic carbocycles. The molecule has 1 heterocycles. The van der Waals surface area contributed by atoms with Crippen molar-refractivity contribution in [2.75, 3.05) is 6.54 Å². The first-order valence-electron chi connectivity index (χ1n) is 14.0. The Morgan fingerprint density at radius 1 is 1.15 bits per heavy atom. The highest BCUT2D eigenvalue weighted by atomic mass is 28.4. The normalized spacial score (nSPS) is 49.0. The molecule has 4 saturated carbocycles. The molecule has 34 heavy (non-hydrogen) atoms. The van der Waals surface area contributed by atoms with Crippen molar-refractivity contribution in [3.63, 3.8) is 0 Å². The predicted molar refractivity (Wildman–Crippen MR) is 137 cm³/mol. The van der Waals surface area contributed by atoms with Gasteiger partial charge < -0.3 is 14.3 Å². The Bertz CT molecular complexity index is 843. The summed E-state index contributed by atoms with van der Waals surface area (Å²) in [5.74, 6) is 3.60. The van der Waals surface area contributed by atoms with Gasteiger partial charge in [0, 0.05) is 16.7 Å². The van der Waals surface area contributed by atoms with E-state index in [1.807, 2.05) is 0 Å². The molecule has 11 atom stereocenters. The third-order valence-corrected chi connectivity index (χ3v) is 12.4. The third kappa shape index (κ3) is 3.89. The smallest absolute Gasteiger partial charge is 0.184 e. The molecule has 192 valence electrons. The minimum atomic E-state index is -1.70. The van der Waals surface area contributed by atoms with Crippen molar-refractivity contribution in [1.29, 1.82) is 0 Å². The summed E-state index contributed by atoms with van der Waals surface area (Å²) < 4.78 is 13.0. The van der Waals surface area contributed by atoms with Crippen LogP contribution in [0.1, 0.15) is 78.6 Å². The minimum Gasteiger partial charge on any atom is -0.415 e. The molecule has 0 radical (unpaired) electrons. The van der Waals surface area contributed by atoms with Crippen molar-refractivity contribution in [2.24, 2.45) is 45.5 Å². The predicted octanol–water partition coefficient (Wildman–Crippen LogP) is 6.69. The third-order valence-electron chi connectivity index (χ3n) is 11.3. The fourth-order valence-corrected chi connectivity index (χ4v) is 11.2. The zero-order valence-electron chi connectivity index (χ0n) is 22.3. The Kier molecular flexibility index (Phi) is 6.25. The maximum atomic E-state index is 10.4. The van der Waals surface area contributed by atoms with Crippen molar-refractivity contribution in [2.45, 2.75) is 122 Å². The number of ether oxygens (including phenoxy) is 1. The highest BCUT2D eigenvalue weighted by Gasteiger charge is 2.76. The Morgan fingerprint density at radius 3 is 2.62 bits per heavy atom. The lowest BCUT2D eigenvalue weighted by molar-refractivity contribution is -0.117. The van der Waals surface area contributed by atoms with Crippen LogP contribution in [0.5, 0.6) is 0 Å². The van der Waals surface area contributed by atoms with Gasteiger partial charge in [0.2, 0.25) is 0 Å². The molecule has 5 aliphatic rings. The van der Waals surface area contributed by atoms with Crippen LogP contribution in [-0.4, -0.2) is 43.9 Å². The molecule has 0 amide bonds. The van der Waals surface area contributed by atoms with Gasteiger partial charge in [-0.3, -0.25) is 0 Å². The molecular formula is C27H47N3O3Si. The number of epoxide rings is 1. The summed E-state index contributed by atoms with van der Waals surface area (Å²) in [7, 11) is -1.70. The van der Waals surface area contributed by atoms with E-state index >= 15 is 0 Å². The van der Waals surface area contributed by atoms with Crippen LogP contribution in [0.2, 0.25) is 19.6 Å². The van der Waals surface area contributed by atoms with Gasteiger partial charge >= 0.3 is 0 Å². The van der Waals surface area contributed by atoms with Gasteiger partial charge in [-0.2, -0.15) is 0 Å². The summed E-state index contributed by atoms with van der Waals surface area (Å²) in [5, 5.41) is 14.3. The van der Waals surface area contributed by atoms with Gasteiger partial charge in [0.05, 0.1) is 24.9 Å². The molecule has 0 aromatic rings. The zero-order chi connectivity index (χ0) is 24.5. The number of fused-ring (bicyclic) bond motifs is 4. The Balaban J connectivity index is 1.32. The highest BCUT2D eigenvalue weighted by molar-refractivity contribution is 6.69. The fraction of sp³-hybridized carbons (Fsp3) is 1.00. The molecule has 5 rings (SSSR count). The number of hydrogen-bond donors (Lipinski definition) is 1. The monoisotopic (exact) mass is 489 g/mol. The largest absolute Gasteiger partial charge is 0.415 e. The second-order valence-electron chi connectivity index (χ2n) is 14.1. The summed E-state index contributed by atoms with van der Waals surface area (Å²) in [6, 6.07) is 0. The first kappa shape index (κ1) is 25.1. The van der Waals surface area contributed by atoms with Gasteiger partial charge in [0.1, 0.15) is 5.60 Å². The SMILES string of the molecule is C[C@H](C[C@H](CN=[N+]=[N-])O[Si](C)(C)C)C1CCC2C3CC4OC45CC(O)CC[C@@]5(C)C3CC[C@]21C. The number of nitrogens with zero attached hydrogens (tertiary/aromatic N) is 3. The fourth-order valence-electron chi connectivity index (χ4n) is 10.00. The van der Waals surface area contributed by atoms with Crippen molar-refractivity contribution in [1.82, 2.24) is 0 Å². The van der Waals surface area contributed by atoms with Gasteiger partial charge in [-0.1, -0.05) is 25.9 Å². The molecule has 1 saturated heterocycles. The maximum Gasteiger partial charge on any atom is 0.184 e. The molecule has 6 nitrogen and oxygen atoms in total. The molecule has 0 bridgehead atoms. The average molecular weight is 490 g/mol.